The van der Waals surface area contributed by atoms with Gasteiger partial charge in [-0.15, -0.1) is 11.3 Å². The van der Waals surface area contributed by atoms with E-state index in [1.807, 2.05) is 88.4 Å². The number of rotatable bonds is 13. The van der Waals surface area contributed by atoms with E-state index in [0.717, 1.165) is 32.9 Å². The first-order valence-corrected chi connectivity index (χ1v) is 19.5. The van der Waals surface area contributed by atoms with Crippen molar-refractivity contribution in [1.82, 2.24) is 25.4 Å². The van der Waals surface area contributed by atoms with Crippen molar-refractivity contribution in [3.05, 3.63) is 70.9 Å². The average molecular weight is 762 g/mol. The van der Waals surface area contributed by atoms with Gasteiger partial charge in [0.2, 0.25) is 23.6 Å². The maximum absolute atomic E-state index is 14.0. The second kappa shape index (κ2) is 17.8. The Morgan fingerprint density at radius 1 is 0.981 bits per heavy atom. The van der Waals surface area contributed by atoms with Gasteiger partial charge in [-0.05, 0) is 55.0 Å². The largest absolute Gasteiger partial charge is 0.391 e. The van der Waals surface area contributed by atoms with E-state index in [2.05, 4.69) is 32.7 Å². The fourth-order valence-electron chi connectivity index (χ4n) is 6.90. The molecule has 13 nitrogen and oxygen atoms in total. The lowest BCUT2D eigenvalue weighted by molar-refractivity contribution is -0.144. The number of piperazine rings is 1. The number of β-amino-alcohol motifs (C(OH)–C–C–N with tert-alkyl or cyclic N) is 1. The molecule has 0 spiro atoms. The van der Waals surface area contributed by atoms with Gasteiger partial charge in [-0.2, -0.15) is 0 Å². The average Bonchev–Trinajstić information content (AvgIpc) is 3.76. The van der Waals surface area contributed by atoms with Crippen LogP contribution in [0.2, 0.25) is 0 Å². The Hall–Kier alpha value is -4.37. The summed E-state index contributed by atoms with van der Waals surface area (Å²) in [5, 5.41) is 16.4. The highest BCUT2D eigenvalue weighted by atomic mass is 32.1. The zero-order chi connectivity index (χ0) is 39.2. The molecule has 2 aliphatic heterocycles. The number of hydrogen-bond acceptors (Lipinski definition) is 10. The van der Waals surface area contributed by atoms with E-state index in [0.29, 0.717) is 26.2 Å². The fourth-order valence-corrected chi connectivity index (χ4v) is 7.71. The Balaban J connectivity index is 1.08. The molecule has 14 heteroatoms. The van der Waals surface area contributed by atoms with Gasteiger partial charge in [0.1, 0.15) is 18.7 Å². The van der Waals surface area contributed by atoms with Crippen molar-refractivity contribution in [3.63, 3.8) is 0 Å². The zero-order valence-corrected chi connectivity index (χ0v) is 33.0. The molecular formula is C40H55N7O6S. The summed E-state index contributed by atoms with van der Waals surface area (Å²) in [6.07, 6.45) is -0.658. The summed E-state index contributed by atoms with van der Waals surface area (Å²) < 4.78 is 5.58. The molecule has 0 radical (unpaired) electrons. The first kappa shape index (κ1) is 40.8. The number of amides is 4. The minimum Gasteiger partial charge on any atom is -0.391 e. The van der Waals surface area contributed by atoms with Crippen LogP contribution in [0.5, 0.6) is 0 Å². The highest BCUT2D eigenvalue weighted by Gasteiger charge is 2.44. The van der Waals surface area contributed by atoms with E-state index < -0.39 is 35.4 Å². The van der Waals surface area contributed by atoms with E-state index in [1.54, 1.807) is 11.3 Å². The van der Waals surface area contributed by atoms with E-state index in [9.17, 15) is 24.3 Å². The van der Waals surface area contributed by atoms with Gasteiger partial charge < -0.3 is 40.9 Å². The Morgan fingerprint density at radius 3 is 2.22 bits per heavy atom. The zero-order valence-electron chi connectivity index (χ0n) is 32.2. The van der Waals surface area contributed by atoms with E-state index in [-0.39, 0.29) is 56.5 Å². The minimum atomic E-state index is -0.984. The molecule has 0 saturated carbocycles. The lowest BCUT2D eigenvalue weighted by Gasteiger charge is -2.36. The minimum absolute atomic E-state index is 0.0217. The van der Waals surface area contributed by atoms with Crippen LogP contribution in [-0.4, -0.2) is 108 Å². The molecule has 292 valence electrons. The van der Waals surface area contributed by atoms with Crippen molar-refractivity contribution in [2.75, 3.05) is 50.8 Å². The molecule has 5 N–H and O–H groups in total. The summed E-state index contributed by atoms with van der Waals surface area (Å²) in [5.74, 6) is -1.38. The Kier molecular flexibility index (Phi) is 13.5. The summed E-state index contributed by atoms with van der Waals surface area (Å²) in [6.45, 7) is 13.6. The van der Waals surface area contributed by atoms with Crippen molar-refractivity contribution in [2.24, 2.45) is 11.1 Å². The predicted molar refractivity (Wildman–Crippen MR) is 210 cm³/mol. The second-order valence-corrected chi connectivity index (χ2v) is 16.3. The van der Waals surface area contributed by atoms with Crippen molar-refractivity contribution >= 4 is 40.7 Å². The van der Waals surface area contributed by atoms with Crippen molar-refractivity contribution in [1.29, 1.82) is 0 Å². The number of hydrogen-bond donors (Lipinski definition) is 4. The Bertz CT molecular complexity index is 1750. The molecule has 0 bridgehead atoms. The SMILES string of the molecule is Cc1ncsc1-c1ccc([C@H](C)NC(=O)[C@@H]2C[C@@H](O)CN2C(=O)C(NC(=O)COCCC(=O)N2CCN(c3ccc([C@H](C)N)cc3)CC2)C(C)(C)C)cc1. The number of nitrogens with two attached hydrogens (primary N) is 1. The summed E-state index contributed by atoms with van der Waals surface area (Å²) in [6, 6.07) is 13.8. The van der Waals surface area contributed by atoms with Gasteiger partial charge in [0.25, 0.3) is 0 Å². The van der Waals surface area contributed by atoms with E-state index >= 15 is 0 Å². The highest BCUT2D eigenvalue weighted by Crippen LogP contribution is 2.30. The van der Waals surface area contributed by atoms with Crippen LogP contribution in [0, 0.1) is 12.3 Å². The fraction of sp³-hybridized carbons (Fsp3) is 0.525. The number of aliphatic hydroxyl groups is 1. The standard InChI is InChI=1S/C40H55N7O6S/c1-25(41)28-11-13-31(14-12-28)45-16-18-46(19-17-45)35(50)15-20-53-23-34(49)44-37(40(4,5)6)39(52)47-22-32(48)21-33(47)38(51)43-26(2)29-7-9-30(10-8-29)36-27(3)42-24-54-36/h7-14,24-26,32-33,37,48H,15-23,41H2,1-6H3,(H,43,51)(H,44,49)/t25-,26-,32+,33-,37?/m0/s1. The molecule has 5 atom stereocenters. The molecule has 3 aromatic rings. The van der Waals surface area contributed by atoms with Crippen LogP contribution in [0.3, 0.4) is 0 Å². The summed E-state index contributed by atoms with van der Waals surface area (Å²) in [4.78, 5) is 64.3. The van der Waals surface area contributed by atoms with E-state index in [1.165, 1.54) is 4.90 Å². The normalized spacial score (nSPS) is 19.3. The van der Waals surface area contributed by atoms with Gasteiger partial charge in [-0.1, -0.05) is 57.2 Å². The van der Waals surface area contributed by atoms with Crippen LogP contribution in [0.25, 0.3) is 10.4 Å². The number of aliphatic hydroxyl groups excluding tert-OH is 1. The summed E-state index contributed by atoms with van der Waals surface area (Å²) in [7, 11) is 0. The molecule has 2 saturated heterocycles. The maximum atomic E-state index is 14.0. The molecule has 2 fully saturated rings. The highest BCUT2D eigenvalue weighted by molar-refractivity contribution is 7.13. The third kappa shape index (κ3) is 10.2. The predicted octanol–water partition coefficient (Wildman–Crippen LogP) is 3.56. The maximum Gasteiger partial charge on any atom is 0.246 e. The third-order valence-electron chi connectivity index (χ3n) is 10.2. The number of carbonyl (C=O) groups excluding carboxylic acids is 4. The number of thiazole rings is 1. The quantitative estimate of drug-likeness (QED) is 0.190. The number of ether oxygens (including phenoxy) is 1. The monoisotopic (exact) mass is 761 g/mol. The van der Waals surface area contributed by atoms with E-state index in [4.69, 9.17) is 10.5 Å². The molecule has 54 heavy (non-hydrogen) atoms. The lowest BCUT2D eigenvalue weighted by atomic mass is 9.85. The number of benzene rings is 2. The topological polar surface area (TPSA) is 170 Å². The number of carbonyl (C=O) groups is 4. The Morgan fingerprint density at radius 2 is 1.63 bits per heavy atom. The van der Waals surface area contributed by atoms with Crippen molar-refractivity contribution in [3.8, 4) is 10.4 Å². The van der Waals surface area contributed by atoms with Crippen molar-refractivity contribution < 1.29 is 29.0 Å². The molecule has 2 aromatic carbocycles. The molecule has 4 amide bonds. The van der Waals surface area contributed by atoms with Crippen molar-refractivity contribution in [2.45, 2.75) is 84.7 Å². The van der Waals surface area contributed by atoms with Gasteiger partial charge in [0, 0.05) is 50.9 Å². The van der Waals surface area contributed by atoms with Crippen LogP contribution in [0.1, 0.15) is 76.4 Å². The molecule has 1 unspecified atom stereocenters. The van der Waals surface area contributed by atoms with Gasteiger partial charge >= 0.3 is 0 Å². The van der Waals surface area contributed by atoms with Gasteiger partial charge in [-0.3, -0.25) is 19.2 Å². The third-order valence-corrected chi connectivity index (χ3v) is 11.1. The summed E-state index contributed by atoms with van der Waals surface area (Å²) >= 11 is 1.57. The van der Waals surface area contributed by atoms with Crippen LogP contribution in [-0.2, 0) is 23.9 Å². The molecule has 3 heterocycles. The van der Waals surface area contributed by atoms with Gasteiger partial charge in [0.15, 0.2) is 0 Å². The number of nitrogens with one attached hydrogen (secondary N) is 2. The van der Waals surface area contributed by atoms with Gasteiger partial charge in [-0.25, -0.2) is 4.98 Å². The number of aryl methyl sites for hydroxylation is 1. The molecule has 5 rings (SSSR count). The number of nitrogens with zero attached hydrogens (tertiary/aromatic N) is 4. The summed E-state index contributed by atoms with van der Waals surface area (Å²) in [5.41, 5.74) is 12.2. The number of aromatic nitrogens is 1. The molecule has 1 aromatic heterocycles. The smallest absolute Gasteiger partial charge is 0.246 e. The second-order valence-electron chi connectivity index (χ2n) is 15.4. The van der Waals surface area contributed by atoms with Crippen LogP contribution < -0.4 is 21.3 Å². The first-order chi connectivity index (χ1) is 25.6. The first-order valence-electron chi connectivity index (χ1n) is 18.7. The van der Waals surface area contributed by atoms with Crippen LogP contribution >= 0.6 is 11.3 Å². The number of anilines is 1. The number of likely N-dealkylation sites (tertiary alicyclic amines) is 1. The molecular weight excluding hydrogens is 707 g/mol. The molecule has 0 aliphatic carbocycles. The van der Waals surface area contributed by atoms with Crippen LogP contribution in [0.15, 0.2) is 54.0 Å². The van der Waals surface area contributed by atoms with Crippen LogP contribution in [0.4, 0.5) is 5.69 Å². The lowest BCUT2D eigenvalue weighted by Crippen LogP contribution is -2.58. The van der Waals surface area contributed by atoms with Gasteiger partial charge in [0.05, 0.1) is 41.3 Å². The molecule has 2 aliphatic rings. The Labute approximate surface area is 322 Å².